The molecule has 0 aromatic heterocycles. The number of hydrogen-bond donors (Lipinski definition) is 0. The third-order valence-corrected chi connectivity index (χ3v) is 2.61. The molecule has 2 aromatic carbocycles. The SMILES string of the molecule is C=CCCc1ccc(N=Nc2ccccc2)cc1. The molecule has 0 radical (unpaired) electrons. The Balaban J connectivity index is 2.02. The number of azo groups is 1. The number of allylic oxidation sites excluding steroid dienone is 1. The molecule has 0 amide bonds. The molecule has 0 saturated heterocycles. The first-order chi connectivity index (χ1) is 8.88. The second kappa shape index (κ2) is 6.50. The Morgan fingerprint density at radius 1 is 0.833 bits per heavy atom. The highest BCUT2D eigenvalue weighted by atomic mass is 15.1. The standard InChI is InChI=1S/C16H16N2/c1-2-3-7-14-10-12-16(13-11-14)18-17-15-8-5-4-6-9-15/h2,4-6,8-13H,1,3,7H2. The minimum Gasteiger partial charge on any atom is -0.151 e. The maximum Gasteiger partial charge on any atom is 0.0857 e. The van der Waals surface area contributed by atoms with Crippen LogP contribution in [-0.4, -0.2) is 0 Å². The molecule has 2 nitrogen and oxygen atoms in total. The highest BCUT2D eigenvalue weighted by Gasteiger charge is 1.93. The fraction of sp³-hybridized carbons (Fsp3) is 0.125. The fourth-order valence-corrected chi connectivity index (χ4v) is 1.61. The summed E-state index contributed by atoms with van der Waals surface area (Å²) >= 11 is 0. The largest absolute Gasteiger partial charge is 0.151 e. The summed E-state index contributed by atoms with van der Waals surface area (Å²) in [6.07, 6.45) is 3.97. The van der Waals surface area contributed by atoms with Gasteiger partial charge in [-0.05, 0) is 42.7 Å². The van der Waals surface area contributed by atoms with E-state index in [0.717, 1.165) is 24.2 Å². The summed E-state index contributed by atoms with van der Waals surface area (Å²) in [5.41, 5.74) is 3.04. The van der Waals surface area contributed by atoms with E-state index in [0.29, 0.717) is 0 Å². The maximum absolute atomic E-state index is 4.20. The number of nitrogens with zero attached hydrogens (tertiary/aromatic N) is 2. The molecule has 0 spiro atoms. The van der Waals surface area contributed by atoms with Crippen LogP contribution in [0.5, 0.6) is 0 Å². The Kier molecular flexibility index (Phi) is 4.42. The molecule has 0 aliphatic rings. The van der Waals surface area contributed by atoms with Gasteiger partial charge in [-0.15, -0.1) is 6.58 Å². The molecule has 0 unspecified atom stereocenters. The van der Waals surface area contributed by atoms with Crippen molar-refractivity contribution in [1.82, 2.24) is 0 Å². The Morgan fingerprint density at radius 3 is 2.06 bits per heavy atom. The van der Waals surface area contributed by atoms with Crippen molar-refractivity contribution in [2.24, 2.45) is 10.2 Å². The van der Waals surface area contributed by atoms with Crippen molar-refractivity contribution in [3.05, 3.63) is 72.8 Å². The lowest BCUT2D eigenvalue weighted by Gasteiger charge is -1.98. The third-order valence-electron chi connectivity index (χ3n) is 2.61. The van der Waals surface area contributed by atoms with Crippen molar-refractivity contribution in [1.29, 1.82) is 0 Å². The van der Waals surface area contributed by atoms with Gasteiger partial charge in [-0.2, -0.15) is 10.2 Å². The first-order valence-corrected chi connectivity index (χ1v) is 6.05. The molecule has 90 valence electrons. The van der Waals surface area contributed by atoms with E-state index < -0.39 is 0 Å². The number of benzene rings is 2. The molecule has 0 saturated carbocycles. The molecule has 2 rings (SSSR count). The van der Waals surface area contributed by atoms with E-state index in [1.165, 1.54) is 5.56 Å². The summed E-state index contributed by atoms with van der Waals surface area (Å²) in [6, 6.07) is 17.9. The van der Waals surface area contributed by atoms with Crippen LogP contribution in [0.15, 0.2) is 77.5 Å². The second-order valence-corrected chi connectivity index (χ2v) is 4.03. The van der Waals surface area contributed by atoms with Crippen LogP contribution in [0, 0.1) is 0 Å². The highest BCUT2D eigenvalue weighted by Crippen LogP contribution is 2.18. The molecule has 0 bridgehead atoms. The van der Waals surface area contributed by atoms with Gasteiger partial charge in [0.2, 0.25) is 0 Å². The lowest BCUT2D eigenvalue weighted by atomic mass is 10.1. The van der Waals surface area contributed by atoms with Crippen molar-refractivity contribution >= 4 is 11.4 Å². The predicted molar refractivity (Wildman–Crippen MR) is 75.6 cm³/mol. The first-order valence-electron chi connectivity index (χ1n) is 6.05. The lowest BCUT2D eigenvalue weighted by Crippen LogP contribution is -1.80. The molecule has 0 fully saturated rings. The lowest BCUT2D eigenvalue weighted by molar-refractivity contribution is 1.00. The molecule has 0 N–H and O–H groups in total. The minimum atomic E-state index is 0.869. The monoisotopic (exact) mass is 236 g/mol. The molecular weight excluding hydrogens is 220 g/mol. The first kappa shape index (κ1) is 12.2. The summed E-state index contributed by atoms with van der Waals surface area (Å²) in [6.45, 7) is 3.72. The summed E-state index contributed by atoms with van der Waals surface area (Å²) in [7, 11) is 0. The van der Waals surface area contributed by atoms with Gasteiger partial charge in [0, 0.05) is 0 Å². The zero-order valence-electron chi connectivity index (χ0n) is 10.3. The fourth-order valence-electron chi connectivity index (χ4n) is 1.61. The van der Waals surface area contributed by atoms with Crippen molar-refractivity contribution in [2.45, 2.75) is 12.8 Å². The maximum atomic E-state index is 4.20. The van der Waals surface area contributed by atoms with Crippen molar-refractivity contribution in [3.8, 4) is 0 Å². The Hall–Kier alpha value is -2.22. The molecule has 0 heterocycles. The van der Waals surface area contributed by atoms with Gasteiger partial charge in [-0.3, -0.25) is 0 Å². The van der Waals surface area contributed by atoms with Crippen LogP contribution >= 0.6 is 0 Å². The van der Waals surface area contributed by atoms with E-state index in [-0.39, 0.29) is 0 Å². The quantitative estimate of drug-likeness (QED) is 0.502. The van der Waals surface area contributed by atoms with Gasteiger partial charge in [-0.25, -0.2) is 0 Å². The van der Waals surface area contributed by atoms with Gasteiger partial charge in [0.05, 0.1) is 11.4 Å². The molecule has 0 aliphatic heterocycles. The van der Waals surface area contributed by atoms with E-state index in [1.807, 2.05) is 48.5 Å². The number of rotatable bonds is 5. The summed E-state index contributed by atoms with van der Waals surface area (Å²) in [5.74, 6) is 0. The Labute approximate surface area is 108 Å². The van der Waals surface area contributed by atoms with Crippen LogP contribution in [0.3, 0.4) is 0 Å². The molecular formula is C16H16N2. The van der Waals surface area contributed by atoms with Crippen LogP contribution in [0.1, 0.15) is 12.0 Å². The van der Waals surface area contributed by atoms with Gasteiger partial charge < -0.3 is 0 Å². The molecule has 18 heavy (non-hydrogen) atoms. The van der Waals surface area contributed by atoms with Gasteiger partial charge in [-0.1, -0.05) is 36.4 Å². The topological polar surface area (TPSA) is 24.7 Å². The zero-order valence-corrected chi connectivity index (χ0v) is 10.3. The summed E-state index contributed by atoms with van der Waals surface area (Å²) in [4.78, 5) is 0. The van der Waals surface area contributed by atoms with E-state index in [4.69, 9.17) is 0 Å². The average Bonchev–Trinajstić information content (AvgIpc) is 2.45. The van der Waals surface area contributed by atoms with Gasteiger partial charge in [0.15, 0.2) is 0 Å². The Bertz CT molecular complexity index is 513. The Morgan fingerprint density at radius 2 is 1.44 bits per heavy atom. The minimum absolute atomic E-state index is 0.869. The van der Waals surface area contributed by atoms with Gasteiger partial charge >= 0.3 is 0 Å². The van der Waals surface area contributed by atoms with Crippen LogP contribution in [0.25, 0.3) is 0 Å². The number of aryl methyl sites for hydroxylation is 1. The average molecular weight is 236 g/mol. The van der Waals surface area contributed by atoms with E-state index in [9.17, 15) is 0 Å². The van der Waals surface area contributed by atoms with Crippen molar-refractivity contribution < 1.29 is 0 Å². The third kappa shape index (κ3) is 3.67. The van der Waals surface area contributed by atoms with Gasteiger partial charge in [0.25, 0.3) is 0 Å². The van der Waals surface area contributed by atoms with Crippen LogP contribution in [0.2, 0.25) is 0 Å². The van der Waals surface area contributed by atoms with E-state index in [1.54, 1.807) is 0 Å². The highest BCUT2D eigenvalue weighted by molar-refractivity contribution is 5.41. The smallest absolute Gasteiger partial charge is 0.0857 e. The van der Waals surface area contributed by atoms with Crippen LogP contribution in [0.4, 0.5) is 11.4 Å². The normalized spacial score (nSPS) is 10.7. The van der Waals surface area contributed by atoms with E-state index in [2.05, 4.69) is 28.9 Å². The van der Waals surface area contributed by atoms with Gasteiger partial charge in [0.1, 0.15) is 0 Å². The van der Waals surface area contributed by atoms with Crippen molar-refractivity contribution in [3.63, 3.8) is 0 Å². The van der Waals surface area contributed by atoms with Crippen LogP contribution < -0.4 is 0 Å². The summed E-state index contributed by atoms with van der Waals surface area (Å²) in [5, 5.41) is 8.38. The molecule has 2 aromatic rings. The van der Waals surface area contributed by atoms with Crippen molar-refractivity contribution in [2.75, 3.05) is 0 Å². The predicted octanol–water partition coefficient (Wildman–Crippen LogP) is 5.22. The molecule has 0 atom stereocenters. The second-order valence-electron chi connectivity index (χ2n) is 4.03. The van der Waals surface area contributed by atoms with E-state index >= 15 is 0 Å². The molecule has 0 aliphatic carbocycles. The number of hydrogen-bond acceptors (Lipinski definition) is 2. The summed E-state index contributed by atoms with van der Waals surface area (Å²) < 4.78 is 0. The van der Waals surface area contributed by atoms with Crippen LogP contribution in [-0.2, 0) is 6.42 Å². The zero-order chi connectivity index (χ0) is 12.6. The molecule has 2 heteroatoms.